The summed E-state index contributed by atoms with van der Waals surface area (Å²) in [7, 11) is 0. The fraction of sp³-hybridized carbons (Fsp3) is 0.744. The summed E-state index contributed by atoms with van der Waals surface area (Å²) in [6.07, 6.45) is 12.0. The molecular weight excluding hydrogens is 546 g/mol. The molecule has 5 heteroatoms. The zero-order valence-corrected chi connectivity index (χ0v) is 28.2. The number of hydrogen-bond acceptors (Lipinski definition) is 4. The first-order chi connectivity index (χ1) is 20.7. The van der Waals surface area contributed by atoms with Gasteiger partial charge in [0.2, 0.25) is 5.91 Å². The van der Waals surface area contributed by atoms with Crippen LogP contribution in [0, 0.1) is 57.2 Å². The molecule has 5 nitrogen and oxygen atoms in total. The van der Waals surface area contributed by atoms with E-state index in [1.165, 1.54) is 31.3 Å². The third-order valence-corrected chi connectivity index (χ3v) is 14.6. The molecule has 5 saturated carbocycles. The molecule has 2 N–H and O–H groups in total. The molecule has 0 aromatic heterocycles. The average Bonchev–Trinajstić information content (AvgIpc) is 3.37. The van der Waals surface area contributed by atoms with Crippen molar-refractivity contribution >= 4 is 11.9 Å². The lowest BCUT2D eigenvalue weighted by Crippen LogP contribution is -2.64. The molecule has 0 saturated heterocycles. The number of hydrogen-bond donors (Lipinski definition) is 2. The Bertz CT molecular complexity index is 1290. The highest BCUT2D eigenvalue weighted by molar-refractivity contribution is 5.83. The second-order valence-electron chi connectivity index (χ2n) is 16.8. The summed E-state index contributed by atoms with van der Waals surface area (Å²) in [6, 6.07) is 7.33. The van der Waals surface area contributed by atoms with Crippen LogP contribution < -0.4 is 5.32 Å². The summed E-state index contributed by atoms with van der Waals surface area (Å²) in [5, 5.41) is 13.0. The Morgan fingerprint density at radius 3 is 2.25 bits per heavy atom. The highest BCUT2D eigenvalue weighted by Crippen LogP contribution is 2.73. The predicted octanol–water partition coefficient (Wildman–Crippen LogP) is 8.25. The van der Waals surface area contributed by atoms with E-state index in [1.54, 1.807) is 19.1 Å². The van der Waals surface area contributed by atoms with Crippen LogP contribution in [0.15, 0.2) is 36.4 Å². The van der Waals surface area contributed by atoms with E-state index < -0.39 is 0 Å². The molecule has 5 aliphatic rings. The lowest BCUT2D eigenvalue weighted by Gasteiger charge is -2.69. The molecule has 5 aliphatic carbocycles. The number of allylic oxidation sites excluding steroid dienone is 1. The number of fused-ring (bicyclic) bond motifs is 7. The van der Waals surface area contributed by atoms with E-state index in [0.29, 0.717) is 42.1 Å². The van der Waals surface area contributed by atoms with Crippen molar-refractivity contribution in [2.45, 2.75) is 118 Å². The monoisotopic (exact) mass is 603 g/mol. The molecule has 1 amide bonds. The summed E-state index contributed by atoms with van der Waals surface area (Å²) in [5.41, 5.74) is 2.63. The Morgan fingerprint density at radius 2 is 1.57 bits per heavy atom. The SMILES string of the molecule is C=C(C)C1CCC2(C(=O)NCCc3ccc(O)cc3)CCC3C(CCC4C3(C)CCC3C(C)(C)C(OC(C)=O)CCC34C)C12. The van der Waals surface area contributed by atoms with Crippen LogP contribution in [0.5, 0.6) is 5.75 Å². The highest BCUT2D eigenvalue weighted by Gasteiger charge is 2.68. The smallest absolute Gasteiger partial charge is 0.302 e. The van der Waals surface area contributed by atoms with Gasteiger partial charge in [0.05, 0.1) is 5.41 Å². The second-order valence-corrected chi connectivity index (χ2v) is 16.8. The largest absolute Gasteiger partial charge is 0.508 e. The van der Waals surface area contributed by atoms with Crippen LogP contribution in [0.3, 0.4) is 0 Å². The third kappa shape index (κ3) is 4.85. The minimum absolute atomic E-state index is 0.0106. The first kappa shape index (κ1) is 31.7. The van der Waals surface area contributed by atoms with E-state index in [-0.39, 0.29) is 45.4 Å². The van der Waals surface area contributed by atoms with Crippen LogP contribution in [0.25, 0.3) is 0 Å². The van der Waals surface area contributed by atoms with Crippen molar-refractivity contribution in [1.82, 2.24) is 5.32 Å². The van der Waals surface area contributed by atoms with Crippen LogP contribution in [-0.2, 0) is 20.7 Å². The van der Waals surface area contributed by atoms with Gasteiger partial charge in [-0.3, -0.25) is 9.59 Å². The Balaban J connectivity index is 1.24. The zero-order chi connectivity index (χ0) is 31.7. The van der Waals surface area contributed by atoms with Gasteiger partial charge in [0.1, 0.15) is 11.9 Å². The first-order valence-corrected chi connectivity index (χ1v) is 17.6. The van der Waals surface area contributed by atoms with Gasteiger partial charge in [-0.25, -0.2) is 0 Å². The molecule has 10 atom stereocenters. The Hall–Kier alpha value is -2.30. The van der Waals surface area contributed by atoms with Crippen molar-refractivity contribution in [1.29, 1.82) is 0 Å². The number of carbonyl (C=O) groups is 2. The molecule has 5 fully saturated rings. The Labute approximate surface area is 266 Å². The molecule has 1 aromatic rings. The van der Waals surface area contributed by atoms with E-state index in [1.807, 2.05) is 12.1 Å². The molecule has 10 unspecified atom stereocenters. The molecule has 0 bridgehead atoms. The number of rotatable bonds is 6. The quantitative estimate of drug-likeness (QED) is 0.254. The maximum absolute atomic E-state index is 14.3. The lowest BCUT2D eigenvalue weighted by molar-refractivity contribution is -0.221. The number of phenols is 1. The van der Waals surface area contributed by atoms with Crippen LogP contribution in [0.2, 0.25) is 0 Å². The summed E-state index contributed by atoms with van der Waals surface area (Å²) in [4.78, 5) is 26.2. The number of benzene rings is 1. The number of aromatic hydroxyl groups is 1. The van der Waals surface area contributed by atoms with E-state index in [4.69, 9.17) is 4.74 Å². The number of carbonyl (C=O) groups excluding carboxylic acids is 2. The number of nitrogens with one attached hydrogen (secondary N) is 1. The van der Waals surface area contributed by atoms with Crippen molar-refractivity contribution in [2.75, 3.05) is 6.54 Å². The summed E-state index contributed by atoms with van der Waals surface area (Å²) in [5.74, 6) is 3.66. The zero-order valence-electron chi connectivity index (χ0n) is 28.2. The molecule has 44 heavy (non-hydrogen) atoms. The van der Waals surface area contributed by atoms with E-state index in [9.17, 15) is 14.7 Å². The molecule has 0 aliphatic heterocycles. The fourth-order valence-corrected chi connectivity index (χ4v) is 12.7. The van der Waals surface area contributed by atoms with Crippen molar-refractivity contribution in [3.8, 4) is 5.75 Å². The van der Waals surface area contributed by atoms with Crippen LogP contribution in [0.4, 0.5) is 0 Å². The minimum Gasteiger partial charge on any atom is -0.508 e. The van der Waals surface area contributed by atoms with Gasteiger partial charge in [-0.15, -0.1) is 0 Å². The second kappa shape index (κ2) is 11.2. The first-order valence-electron chi connectivity index (χ1n) is 17.6. The predicted molar refractivity (Wildman–Crippen MR) is 175 cm³/mol. The van der Waals surface area contributed by atoms with Gasteiger partial charge in [0.15, 0.2) is 0 Å². The number of phenolic OH excluding ortho intramolecular Hbond substituents is 1. The third-order valence-electron chi connectivity index (χ3n) is 14.6. The minimum atomic E-state index is -0.284. The number of ether oxygens (including phenoxy) is 1. The van der Waals surface area contributed by atoms with Crippen molar-refractivity contribution in [2.24, 2.45) is 57.2 Å². The lowest BCUT2D eigenvalue weighted by atomic mass is 9.36. The summed E-state index contributed by atoms with van der Waals surface area (Å²) >= 11 is 0. The molecule has 6 rings (SSSR count). The standard InChI is InChI=1S/C39H57NO4/c1-24(2)28-14-21-39(35(43)40-23-18-26-8-10-27(42)11-9-26)22-15-30-29(34(28)39)12-13-32-37(30,6)19-16-31-36(4,5)33(44-25(3)41)17-20-38(31,32)7/h8-11,28-34,42H,1,12-23H2,2-7H3,(H,40,43). The van der Waals surface area contributed by atoms with E-state index >= 15 is 0 Å². The van der Waals surface area contributed by atoms with Gasteiger partial charge in [-0.1, -0.05) is 52.0 Å². The number of esters is 1. The molecule has 242 valence electrons. The fourth-order valence-electron chi connectivity index (χ4n) is 12.7. The summed E-state index contributed by atoms with van der Waals surface area (Å²) in [6.45, 7) is 18.8. The van der Waals surface area contributed by atoms with Crippen molar-refractivity contribution < 1.29 is 19.4 Å². The number of amides is 1. The van der Waals surface area contributed by atoms with Gasteiger partial charge in [-0.2, -0.15) is 0 Å². The van der Waals surface area contributed by atoms with E-state index in [0.717, 1.165) is 50.5 Å². The molecule has 0 spiro atoms. The molecular formula is C39H57NO4. The van der Waals surface area contributed by atoms with Crippen LogP contribution >= 0.6 is 0 Å². The summed E-state index contributed by atoms with van der Waals surface area (Å²) < 4.78 is 5.93. The molecule has 0 radical (unpaired) electrons. The Morgan fingerprint density at radius 1 is 0.886 bits per heavy atom. The van der Waals surface area contributed by atoms with Crippen LogP contribution in [0.1, 0.15) is 111 Å². The van der Waals surface area contributed by atoms with Gasteiger partial charge in [-0.05, 0) is 142 Å². The highest BCUT2D eigenvalue weighted by atomic mass is 16.5. The van der Waals surface area contributed by atoms with E-state index in [2.05, 4.69) is 46.5 Å². The Kier molecular flexibility index (Phi) is 8.06. The van der Waals surface area contributed by atoms with Crippen molar-refractivity contribution in [3.05, 3.63) is 42.0 Å². The van der Waals surface area contributed by atoms with Crippen LogP contribution in [-0.4, -0.2) is 29.6 Å². The topological polar surface area (TPSA) is 75.6 Å². The normalized spacial score (nSPS) is 42.2. The van der Waals surface area contributed by atoms with Crippen molar-refractivity contribution in [3.63, 3.8) is 0 Å². The van der Waals surface area contributed by atoms with Gasteiger partial charge in [0, 0.05) is 18.9 Å². The average molecular weight is 604 g/mol. The maximum atomic E-state index is 14.3. The van der Waals surface area contributed by atoms with Gasteiger partial charge in [0.25, 0.3) is 0 Å². The molecule has 1 aromatic carbocycles. The molecule has 0 heterocycles. The van der Waals surface area contributed by atoms with Gasteiger partial charge >= 0.3 is 5.97 Å². The maximum Gasteiger partial charge on any atom is 0.302 e. The van der Waals surface area contributed by atoms with Gasteiger partial charge < -0.3 is 15.2 Å².